The highest BCUT2D eigenvalue weighted by molar-refractivity contribution is 5.88. The molecule has 4 nitrogen and oxygen atoms in total. The average Bonchev–Trinajstić information content (AvgIpc) is 2.95. The fraction of sp³-hybridized carbons (Fsp3) is 0.800. The van der Waals surface area contributed by atoms with Crippen molar-refractivity contribution >= 4 is 5.91 Å². The minimum atomic E-state index is -0.732. The second-order valence-electron chi connectivity index (χ2n) is 4.34. The van der Waals surface area contributed by atoms with Crippen LogP contribution in [0.4, 0.5) is 0 Å². The number of amides is 1. The average molecular weight is 196 g/mol. The summed E-state index contributed by atoms with van der Waals surface area (Å²) in [5.41, 5.74) is -1.11. The van der Waals surface area contributed by atoms with Gasteiger partial charge in [-0.25, -0.2) is 0 Å². The lowest BCUT2D eigenvalue weighted by Gasteiger charge is -2.23. The lowest BCUT2D eigenvalue weighted by atomic mass is 10.1. The van der Waals surface area contributed by atoms with Gasteiger partial charge in [0.2, 0.25) is 5.91 Å². The van der Waals surface area contributed by atoms with Crippen LogP contribution in [-0.2, 0) is 9.53 Å². The maximum atomic E-state index is 11.5. The molecule has 1 N–H and O–H groups in total. The molecule has 0 heterocycles. The summed E-state index contributed by atoms with van der Waals surface area (Å²) in [6, 6.07) is 2.05. The van der Waals surface area contributed by atoms with Gasteiger partial charge in [-0.15, -0.1) is 0 Å². The van der Waals surface area contributed by atoms with Crippen LogP contribution in [0, 0.1) is 16.7 Å². The van der Waals surface area contributed by atoms with Crippen LogP contribution in [0.2, 0.25) is 0 Å². The summed E-state index contributed by atoms with van der Waals surface area (Å²) in [6.45, 7) is 4.21. The van der Waals surface area contributed by atoms with Crippen molar-refractivity contribution in [3.63, 3.8) is 0 Å². The third kappa shape index (κ3) is 2.24. The molecule has 0 radical (unpaired) electrons. The first-order chi connectivity index (χ1) is 6.46. The van der Waals surface area contributed by atoms with E-state index in [1.807, 2.05) is 13.8 Å². The van der Waals surface area contributed by atoms with Crippen molar-refractivity contribution in [3.8, 4) is 6.07 Å². The molecule has 0 atom stereocenters. The second kappa shape index (κ2) is 3.58. The molecule has 0 saturated heterocycles. The summed E-state index contributed by atoms with van der Waals surface area (Å²) in [4.78, 5) is 11.5. The van der Waals surface area contributed by atoms with Gasteiger partial charge in [-0.05, 0) is 26.7 Å². The highest BCUT2D eigenvalue weighted by Gasteiger charge is 2.50. The first-order valence-corrected chi connectivity index (χ1v) is 4.70. The maximum Gasteiger partial charge on any atom is 0.240 e. The molecule has 1 aliphatic rings. The second-order valence-corrected chi connectivity index (χ2v) is 4.34. The molecule has 1 amide bonds. The molecule has 1 saturated carbocycles. The summed E-state index contributed by atoms with van der Waals surface area (Å²) in [6.07, 6.45) is 1.37. The van der Waals surface area contributed by atoms with Crippen LogP contribution < -0.4 is 5.32 Å². The fourth-order valence-corrected chi connectivity index (χ4v) is 1.05. The van der Waals surface area contributed by atoms with Crippen molar-refractivity contribution in [2.24, 2.45) is 5.41 Å². The molecule has 1 aliphatic carbocycles. The molecule has 0 aliphatic heterocycles. The number of rotatable bonds is 4. The van der Waals surface area contributed by atoms with Crippen LogP contribution in [0.3, 0.4) is 0 Å². The van der Waals surface area contributed by atoms with Gasteiger partial charge >= 0.3 is 0 Å². The van der Waals surface area contributed by atoms with Crippen LogP contribution in [0.25, 0.3) is 0 Å². The Morgan fingerprint density at radius 1 is 1.64 bits per heavy atom. The topological polar surface area (TPSA) is 62.1 Å². The van der Waals surface area contributed by atoms with Gasteiger partial charge in [-0.2, -0.15) is 5.26 Å². The molecule has 1 fully saturated rings. The summed E-state index contributed by atoms with van der Waals surface area (Å²) in [5.74, 6) is -0.162. The minimum absolute atomic E-state index is 0.162. The van der Waals surface area contributed by atoms with Crippen LogP contribution in [0.15, 0.2) is 0 Å². The van der Waals surface area contributed by atoms with E-state index < -0.39 is 5.41 Å². The highest BCUT2D eigenvalue weighted by Crippen LogP contribution is 2.44. The normalized spacial score (nSPS) is 18.4. The Bertz CT molecular complexity index is 274. The number of nitrogens with one attached hydrogen (secondary N) is 1. The van der Waals surface area contributed by atoms with Crippen molar-refractivity contribution in [2.45, 2.75) is 32.3 Å². The lowest BCUT2D eigenvalue weighted by molar-refractivity contribution is -0.125. The van der Waals surface area contributed by atoms with E-state index in [2.05, 4.69) is 11.4 Å². The Morgan fingerprint density at radius 3 is 2.57 bits per heavy atom. The first kappa shape index (κ1) is 11.0. The van der Waals surface area contributed by atoms with E-state index >= 15 is 0 Å². The Kier molecular flexibility index (Phi) is 2.81. The third-order valence-corrected chi connectivity index (χ3v) is 2.63. The van der Waals surface area contributed by atoms with Crippen LogP contribution in [-0.4, -0.2) is 25.2 Å². The van der Waals surface area contributed by atoms with Gasteiger partial charge in [0.1, 0.15) is 5.41 Å². The molecule has 0 aromatic heterocycles. The van der Waals surface area contributed by atoms with Crippen LogP contribution >= 0.6 is 0 Å². The molecule has 1 rings (SSSR count). The van der Waals surface area contributed by atoms with Gasteiger partial charge < -0.3 is 10.1 Å². The van der Waals surface area contributed by atoms with Crippen molar-refractivity contribution in [2.75, 3.05) is 13.7 Å². The molecular formula is C10H16N2O2. The van der Waals surface area contributed by atoms with Gasteiger partial charge in [0.25, 0.3) is 0 Å². The van der Waals surface area contributed by atoms with E-state index in [0.717, 1.165) is 0 Å². The molecule has 0 unspecified atom stereocenters. The SMILES string of the molecule is COC(C)(C)CNC(=O)C1(C#N)CC1. The number of nitrogens with zero attached hydrogens (tertiary/aromatic N) is 1. The third-order valence-electron chi connectivity index (χ3n) is 2.63. The Labute approximate surface area is 84.2 Å². The van der Waals surface area contributed by atoms with Crippen LogP contribution in [0.5, 0.6) is 0 Å². The number of hydrogen-bond acceptors (Lipinski definition) is 3. The number of methoxy groups -OCH3 is 1. The number of carbonyl (C=O) groups is 1. The maximum absolute atomic E-state index is 11.5. The van der Waals surface area contributed by atoms with Gasteiger partial charge in [-0.1, -0.05) is 0 Å². The van der Waals surface area contributed by atoms with Gasteiger partial charge in [-0.3, -0.25) is 4.79 Å². The zero-order valence-corrected chi connectivity index (χ0v) is 8.89. The standard InChI is InChI=1S/C10H16N2O2/c1-9(2,14-3)7-12-8(13)10(6-11)4-5-10/h4-5,7H2,1-3H3,(H,12,13). The summed E-state index contributed by atoms with van der Waals surface area (Å²) >= 11 is 0. The number of ether oxygens (including phenoxy) is 1. The minimum Gasteiger partial charge on any atom is -0.377 e. The monoisotopic (exact) mass is 196 g/mol. The van der Waals surface area contributed by atoms with E-state index in [4.69, 9.17) is 10.00 Å². The molecule has 0 aromatic carbocycles. The lowest BCUT2D eigenvalue weighted by Crippen LogP contribution is -2.42. The van der Waals surface area contributed by atoms with Crippen molar-refractivity contribution < 1.29 is 9.53 Å². The molecular weight excluding hydrogens is 180 g/mol. The quantitative estimate of drug-likeness (QED) is 0.724. The van der Waals surface area contributed by atoms with Gasteiger partial charge in [0.15, 0.2) is 0 Å². The van der Waals surface area contributed by atoms with E-state index in [9.17, 15) is 4.79 Å². The van der Waals surface area contributed by atoms with Crippen molar-refractivity contribution in [1.29, 1.82) is 5.26 Å². The van der Waals surface area contributed by atoms with Gasteiger partial charge in [0, 0.05) is 13.7 Å². The number of hydrogen-bond donors (Lipinski definition) is 1. The van der Waals surface area contributed by atoms with Crippen molar-refractivity contribution in [1.82, 2.24) is 5.32 Å². The smallest absolute Gasteiger partial charge is 0.240 e. The number of carbonyl (C=O) groups excluding carboxylic acids is 1. The summed E-state index contributed by atoms with van der Waals surface area (Å²) in [5, 5.41) is 11.5. The number of nitriles is 1. The van der Waals surface area contributed by atoms with E-state index in [1.54, 1.807) is 7.11 Å². The molecule has 4 heteroatoms. The molecule has 78 valence electrons. The first-order valence-electron chi connectivity index (χ1n) is 4.70. The van der Waals surface area contributed by atoms with Crippen LogP contribution in [0.1, 0.15) is 26.7 Å². The summed E-state index contributed by atoms with van der Waals surface area (Å²) in [7, 11) is 1.60. The summed E-state index contributed by atoms with van der Waals surface area (Å²) < 4.78 is 5.16. The zero-order chi connectivity index (χ0) is 10.8. The Balaban J connectivity index is 2.40. The predicted octanol–water partition coefficient (Wildman–Crippen LogP) is 0.831. The molecule has 0 bridgehead atoms. The molecule has 0 aromatic rings. The Morgan fingerprint density at radius 2 is 2.21 bits per heavy atom. The van der Waals surface area contributed by atoms with E-state index in [-0.39, 0.29) is 11.5 Å². The zero-order valence-electron chi connectivity index (χ0n) is 8.89. The van der Waals surface area contributed by atoms with E-state index in [0.29, 0.717) is 19.4 Å². The van der Waals surface area contributed by atoms with E-state index in [1.165, 1.54) is 0 Å². The molecule has 14 heavy (non-hydrogen) atoms. The highest BCUT2D eigenvalue weighted by atomic mass is 16.5. The van der Waals surface area contributed by atoms with Gasteiger partial charge in [0.05, 0.1) is 11.7 Å². The molecule has 0 spiro atoms. The van der Waals surface area contributed by atoms with Crippen molar-refractivity contribution in [3.05, 3.63) is 0 Å². The largest absolute Gasteiger partial charge is 0.377 e. The predicted molar refractivity (Wildman–Crippen MR) is 51.4 cm³/mol. The Hall–Kier alpha value is -1.08. The fourth-order valence-electron chi connectivity index (χ4n) is 1.05.